The number of benzene rings is 1. The van der Waals surface area contributed by atoms with Crippen LogP contribution < -0.4 is 5.32 Å². The first-order valence-corrected chi connectivity index (χ1v) is 9.85. The highest BCUT2D eigenvalue weighted by atomic mass is 16.4. The molecular weight excluding hydrogens is 380 g/mol. The third-order valence-corrected chi connectivity index (χ3v) is 5.15. The van der Waals surface area contributed by atoms with Crippen LogP contribution >= 0.6 is 0 Å². The van der Waals surface area contributed by atoms with Crippen LogP contribution in [-0.4, -0.2) is 38.1 Å². The van der Waals surface area contributed by atoms with Crippen molar-refractivity contribution in [1.29, 1.82) is 0 Å². The number of rotatable bonds is 3. The van der Waals surface area contributed by atoms with Crippen molar-refractivity contribution in [2.45, 2.75) is 32.7 Å². The summed E-state index contributed by atoms with van der Waals surface area (Å²) in [5.41, 5.74) is 3.75. The van der Waals surface area contributed by atoms with Crippen LogP contribution in [-0.2, 0) is 12.0 Å². The molecule has 1 aliphatic heterocycles. The number of nitrogens with one attached hydrogen (secondary N) is 1. The summed E-state index contributed by atoms with van der Waals surface area (Å²) < 4.78 is 2.12. The van der Waals surface area contributed by atoms with Crippen LogP contribution in [0.25, 0.3) is 11.4 Å². The van der Waals surface area contributed by atoms with Gasteiger partial charge in [0, 0.05) is 36.1 Å². The molecule has 0 bridgehead atoms. The van der Waals surface area contributed by atoms with E-state index in [1.54, 1.807) is 6.20 Å². The van der Waals surface area contributed by atoms with Crippen LogP contribution in [0.3, 0.4) is 0 Å². The third kappa shape index (κ3) is 3.32. The SMILES string of the molecule is CC(C)(C)n1c2c(c(Nc3ccccc3)c1-c1ccccn1)C(=O)N(C(=O)O)CC2. The van der Waals surface area contributed by atoms with Crippen molar-refractivity contribution in [3.8, 4) is 11.4 Å². The minimum absolute atomic E-state index is 0.133. The maximum absolute atomic E-state index is 13.3. The molecule has 154 valence electrons. The Bertz CT molecular complexity index is 1100. The van der Waals surface area contributed by atoms with E-state index in [4.69, 9.17) is 0 Å². The fourth-order valence-electron chi connectivity index (χ4n) is 4.00. The highest BCUT2D eigenvalue weighted by molar-refractivity contribution is 6.11. The van der Waals surface area contributed by atoms with Crippen molar-refractivity contribution < 1.29 is 14.7 Å². The molecule has 0 radical (unpaired) electrons. The molecule has 1 aromatic carbocycles. The lowest BCUT2D eigenvalue weighted by Gasteiger charge is -2.30. The minimum atomic E-state index is -1.24. The summed E-state index contributed by atoms with van der Waals surface area (Å²) in [7, 11) is 0. The van der Waals surface area contributed by atoms with E-state index in [1.165, 1.54) is 0 Å². The number of para-hydroxylation sites is 1. The molecular formula is C23H24N4O3. The zero-order valence-corrected chi connectivity index (χ0v) is 17.2. The summed E-state index contributed by atoms with van der Waals surface area (Å²) in [5, 5.41) is 12.9. The van der Waals surface area contributed by atoms with Crippen LogP contribution in [0.1, 0.15) is 36.8 Å². The lowest BCUT2D eigenvalue weighted by Crippen LogP contribution is -2.42. The van der Waals surface area contributed by atoms with E-state index in [0.29, 0.717) is 17.7 Å². The number of imide groups is 1. The molecule has 2 aromatic heterocycles. The molecule has 0 aliphatic carbocycles. The Morgan fingerprint density at radius 1 is 1.10 bits per heavy atom. The van der Waals surface area contributed by atoms with Gasteiger partial charge in [0.15, 0.2) is 0 Å². The van der Waals surface area contributed by atoms with E-state index in [0.717, 1.165) is 27.7 Å². The summed E-state index contributed by atoms with van der Waals surface area (Å²) in [4.78, 5) is 30.4. The third-order valence-electron chi connectivity index (χ3n) is 5.15. The number of carboxylic acid groups (broad SMARTS) is 1. The Morgan fingerprint density at radius 2 is 1.80 bits per heavy atom. The summed E-state index contributed by atoms with van der Waals surface area (Å²) in [6.07, 6.45) is 0.923. The summed E-state index contributed by atoms with van der Waals surface area (Å²) in [6, 6.07) is 15.2. The van der Waals surface area contributed by atoms with Crippen LogP contribution in [0.5, 0.6) is 0 Å². The van der Waals surface area contributed by atoms with Gasteiger partial charge in [-0.15, -0.1) is 0 Å². The lowest BCUT2D eigenvalue weighted by atomic mass is 10.0. The first-order valence-electron chi connectivity index (χ1n) is 9.85. The molecule has 30 heavy (non-hydrogen) atoms. The molecule has 0 unspecified atom stereocenters. The number of anilines is 2. The number of carbonyl (C=O) groups is 2. The average molecular weight is 404 g/mol. The average Bonchev–Trinajstić information content (AvgIpc) is 3.04. The molecule has 7 heteroatoms. The molecule has 0 spiro atoms. The zero-order chi connectivity index (χ0) is 21.5. The highest BCUT2D eigenvalue weighted by Gasteiger charge is 2.39. The van der Waals surface area contributed by atoms with Gasteiger partial charge in [-0.2, -0.15) is 0 Å². The molecule has 0 saturated heterocycles. The van der Waals surface area contributed by atoms with Gasteiger partial charge in [0.1, 0.15) is 0 Å². The summed E-state index contributed by atoms with van der Waals surface area (Å²) in [5.74, 6) is -0.512. The van der Waals surface area contributed by atoms with Gasteiger partial charge < -0.3 is 15.0 Å². The smallest absolute Gasteiger partial charge is 0.414 e. The second-order valence-electron chi connectivity index (χ2n) is 8.25. The highest BCUT2D eigenvalue weighted by Crippen LogP contribution is 2.43. The van der Waals surface area contributed by atoms with Gasteiger partial charge >= 0.3 is 6.09 Å². The Labute approximate surface area is 175 Å². The molecule has 2 N–H and O–H groups in total. The monoisotopic (exact) mass is 404 g/mol. The van der Waals surface area contributed by atoms with Crippen molar-refractivity contribution >= 4 is 23.4 Å². The van der Waals surface area contributed by atoms with Crippen molar-refractivity contribution in [1.82, 2.24) is 14.5 Å². The zero-order valence-electron chi connectivity index (χ0n) is 17.2. The Hall–Kier alpha value is -3.61. The van der Waals surface area contributed by atoms with Gasteiger partial charge in [-0.3, -0.25) is 9.78 Å². The van der Waals surface area contributed by atoms with E-state index in [2.05, 4.69) is 35.6 Å². The van der Waals surface area contributed by atoms with Crippen LogP contribution in [0.2, 0.25) is 0 Å². The number of pyridine rings is 1. The van der Waals surface area contributed by atoms with E-state index < -0.39 is 12.0 Å². The number of aromatic nitrogens is 2. The Kier molecular flexibility index (Phi) is 4.81. The fraction of sp³-hybridized carbons (Fsp3) is 0.261. The standard InChI is InChI=1S/C23H24N4O3/c1-23(2,3)27-17-12-14-26(22(29)30)21(28)18(17)19(25-15-9-5-4-6-10-15)20(27)16-11-7-8-13-24-16/h4-11,13,25H,12,14H2,1-3H3,(H,29,30). The minimum Gasteiger partial charge on any atom is -0.465 e. The lowest BCUT2D eigenvalue weighted by molar-refractivity contribution is 0.0725. The first kappa shape index (κ1) is 19.7. The molecule has 7 nitrogen and oxygen atoms in total. The van der Waals surface area contributed by atoms with Gasteiger partial charge in [-0.05, 0) is 45.0 Å². The normalized spacial score (nSPS) is 13.8. The Balaban J connectivity index is 2.04. The van der Waals surface area contributed by atoms with Crippen molar-refractivity contribution in [2.75, 3.05) is 11.9 Å². The van der Waals surface area contributed by atoms with Gasteiger partial charge in [0.25, 0.3) is 5.91 Å². The second kappa shape index (κ2) is 7.33. The largest absolute Gasteiger partial charge is 0.465 e. The van der Waals surface area contributed by atoms with Crippen molar-refractivity contribution in [2.24, 2.45) is 0 Å². The van der Waals surface area contributed by atoms with Crippen molar-refractivity contribution in [3.63, 3.8) is 0 Å². The maximum atomic E-state index is 13.3. The molecule has 0 atom stereocenters. The molecule has 4 rings (SSSR count). The number of carbonyl (C=O) groups excluding carboxylic acids is 1. The molecule has 2 amide bonds. The van der Waals surface area contributed by atoms with Crippen LogP contribution in [0.4, 0.5) is 16.2 Å². The van der Waals surface area contributed by atoms with E-state index in [9.17, 15) is 14.7 Å². The molecule has 3 aromatic rings. The summed E-state index contributed by atoms with van der Waals surface area (Å²) in [6.45, 7) is 6.34. The first-order chi connectivity index (χ1) is 14.3. The van der Waals surface area contributed by atoms with E-state index in [1.807, 2.05) is 48.5 Å². The van der Waals surface area contributed by atoms with E-state index in [-0.39, 0.29) is 12.1 Å². The summed E-state index contributed by atoms with van der Waals surface area (Å²) >= 11 is 0. The quantitative estimate of drug-likeness (QED) is 0.659. The number of hydrogen-bond acceptors (Lipinski definition) is 4. The van der Waals surface area contributed by atoms with Gasteiger partial charge in [0.05, 0.1) is 22.6 Å². The number of amides is 2. The molecule has 0 fully saturated rings. The number of hydrogen-bond donors (Lipinski definition) is 2. The second-order valence-corrected chi connectivity index (χ2v) is 8.25. The van der Waals surface area contributed by atoms with Gasteiger partial charge in [-0.25, -0.2) is 9.69 Å². The predicted octanol–water partition coefficient (Wildman–Crippen LogP) is 4.73. The van der Waals surface area contributed by atoms with E-state index >= 15 is 0 Å². The molecule has 3 heterocycles. The predicted molar refractivity (Wildman–Crippen MR) is 115 cm³/mol. The topological polar surface area (TPSA) is 87.5 Å². The molecule has 1 aliphatic rings. The number of nitrogens with zero attached hydrogens (tertiary/aromatic N) is 3. The van der Waals surface area contributed by atoms with Crippen LogP contribution in [0, 0.1) is 0 Å². The van der Waals surface area contributed by atoms with Gasteiger partial charge in [-0.1, -0.05) is 24.3 Å². The van der Waals surface area contributed by atoms with Crippen LogP contribution in [0.15, 0.2) is 54.7 Å². The van der Waals surface area contributed by atoms with Gasteiger partial charge in [0.2, 0.25) is 0 Å². The Morgan fingerprint density at radius 3 is 2.40 bits per heavy atom. The molecule has 0 saturated carbocycles. The maximum Gasteiger partial charge on any atom is 0.414 e. The number of fused-ring (bicyclic) bond motifs is 1. The fourth-order valence-corrected chi connectivity index (χ4v) is 4.00. The van der Waals surface area contributed by atoms with Crippen molar-refractivity contribution in [3.05, 3.63) is 66.0 Å².